The highest BCUT2D eigenvalue weighted by Gasteiger charge is 2.41. The molecule has 3 heterocycles. The second kappa shape index (κ2) is 7.46. The fourth-order valence-electron chi connectivity index (χ4n) is 4.28. The zero-order chi connectivity index (χ0) is 21.5. The lowest BCUT2D eigenvalue weighted by Gasteiger charge is -2.33. The van der Waals surface area contributed by atoms with Gasteiger partial charge in [0.2, 0.25) is 5.91 Å². The highest BCUT2D eigenvalue weighted by atomic mass is 16.6. The number of ether oxygens (including phenoxy) is 2. The number of hydrogen-bond donors (Lipinski definition) is 2. The molecule has 2 aromatic carbocycles. The van der Waals surface area contributed by atoms with E-state index in [2.05, 4.69) is 15.7 Å². The van der Waals surface area contributed by atoms with Gasteiger partial charge in [0.05, 0.1) is 5.69 Å². The largest absolute Gasteiger partial charge is 0.486 e. The first-order valence-electron chi connectivity index (χ1n) is 10.1. The predicted octanol–water partition coefficient (Wildman–Crippen LogP) is 2.38. The van der Waals surface area contributed by atoms with Gasteiger partial charge in [-0.3, -0.25) is 14.3 Å². The van der Waals surface area contributed by atoms with E-state index < -0.39 is 12.0 Å². The highest BCUT2D eigenvalue weighted by Crippen LogP contribution is 2.42. The molecule has 2 aliphatic rings. The van der Waals surface area contributed by atoms with Crippen molar-refractivity contribution in [1.82, 2.24) is 15.1 Å². The van der Waals surface area contributed by atoms with Gasteiger partial charge in [-0.05, 0) is 36.8 Å². The summed E-state index contributed by atoms with van der Waals surface area (Å²) >= 11 is 0. The van der Waals surface area contributed by atoms with Crippen molar-refractivity contribution in [2.75, 3.05) is 18.5 Å². The smallest absolute Gasteiger partial charge is 0.251 e. The molecule has 8 heteroatoms. The second-order valence-electron chi connectivity index (χ2n) is 7.66. The van der Waals surface area contributed by atoms with Crippen LogP contribution >= 0.6 is 0 Å². The molecular formula is C23H22N4O4. The molecule has 0 bridgehead atoms. The summed E-state index contributed by atoms with van der Waals surface area (Å²) in [7, 11) is 1.79. The summed E-state index contributed by atoms with van der Waals surface area (Å²) in [6.45, 7) is 2.87. The summed E-state index contributed by atoms with van der Waals surface area (Å²) in [5.74, 6) is 0.899. The van der Waals surface area contributed by atoms with Crippen LogP contribution in [-0.2, 0) is 11.8 Å². The Morgan fingerprint density at radius 1 is 1.13 bits per heavy atom. The van der Waals surface area contributed by atoms with E-state index in [0.717, 1.165) is 16.8 Å². The SMILES string of the molecule is Cc1nn(C)c2c1[C@@H](c1ccc3c(c1)OCCO3)[C@@H](NC(=O)c1ccccc1)C(=O)N2. The summed E-state index contributed by atoms with van der Waals surface area (Å²) in [5.41, 5.74) is 2.99. The van der Waals surface area contributed by atoms with E-state index in [4.69, 9.17) is 9.47 Å². The van der Waals surface area contributed by atoms with Gasteiger partial charge in [-0.1, -0.05) is 24.3 Å². The van der Waals surface area contributed by atoms with Gasteiger partial charge in [0.25, 0.3) is 5.91 Å². The van der Waals surface area contributed by atoms with Crippen molar-refractivity contribution in [2.24, 2.45) is 7.05 Å². The lowest BCUT2D eigenvalue weighted by molar-refractivity contribution is -0.118. The minimum absolute atomic E-state index is 0.292. The van der Waals surface area contributed by atoms with E-state index in [1.165, 1.54) is 0 Å². The van der Waals surface area contributed by atoms with Gasteiger partial charge in [-0.15, -0.1) is 0 Å². The second-order valence-corrected chi connectivity index (χ2v) is 7.66. The maximum atomic E-state index is 13.1. The van der Waals surface area contributed by atoms with E-state index >= 15 is 0 Å². The van der Waals surface area contributed by atoms with Crippen molar-refractivity contribution in [3.8, 4) is 11.5 Å². The number of aromatic nitrogens is 2. The van der Waals surface area contributed by atoms with Crippen LogP contribution in [0, 0.1) is 6.92 Å². The summed E-state index contributed by atoms with van der Waals surface area (Å²) in [6.07, 6.45) is 0. The van der Waals surface area contributed by atoms with E-state index in [1.54, 1.807) is 36.0 Å². The van der Waals surface area contributed by atoms with Gasteiger partial charge in [-0.25, -0.2) is 0 Å². The van der Waals surface area contributed by atoms with Crippen molar-refractivity contribution in [1.29, 1.82) is 0 Å². The van der Waals surface area contributed by atoms with E-state index in [9.17, 15) is 9.59 Å². The molecule has 0 saturated heterocycles. The minimum Gasteiger partial charge on any atom is -0.486 e. The molecule has 0 saturated carbocycles. The first kappa shape index (κ1) is 19.2. The molecule has 0 aliphatic carbocycles. The van der Waals surface area contributed by atoms with Crippen LogP contribution in [0.15, 0.2) is 48.5 Å². The molecular weight excluding hydrogens is 396 g/mol. The third-order valence-electron chi connectivity index (χ3n) is 5.68. The molecule has 2 amide bonds. The molecule has 3 aromatic rings. The number of nitrogens with zero attached hydrogens (tertiary/aromatic N) is 2. The molecule has 31 heavy (non-hydrogen) atoms. The maximum absolute atomic E-state index is 13.1. The summed E-state index contributed by atoms with van der Waals surface area (Å²) < 4.78 is 13.1. The van der Waals surface area contributed by atoms with E-state index in [-0.39, 0.29) is 11.8 Å². The molecule has 158 valence electrons. The number of carbonyl (C=O) groups excluding carboxylic acids is 2. The minimum atomic E-state index is -0.814. The highest BCUT2D eigenvalue weighted by molar-refractivity contribution is 6.03. The zero-order valence-corrected chi connectivity index (χ0v) is 17.2. The number of carbonyl (C=O) groups is 2. The molecule has 0 spiro atoms. The molecule has 2 N–H and O–H groups in total. The standard InChI is InChI=1S/C23H22N4O4/c1-13-18-19(15-8-9-16-17(12-15)31-11-10-30-16)20(23(29)25-21(18)27(2)26-13)24-22(28)14-6-4-3-5-7-14/h3-9,12,19-20H,10-11H2,1-2H3,(H,24,28)(H,25,29)/t19-,20-/m1/s1. The van der Waals surface area contributed by atoms with Crippen molar-refractivity contribution < 1.29 is 19.1 Å². The number of benzene rings is 2. The Morgan fingerprint density at radius 3 is 2.65 bits per heavy atom. The average Bonchev–Trinajstić information content (AvgIpc) is 3.07. The number of fused-ring (bicyclic) bond motifs is 2. The molecule has 2 atom stereocenters. The first-order chi connectivity index (χ1) is 15.0. The number of amides is 2. The zero-order valence-electron chi connectivity index (χ0n) is 17.2. The van der Waals surface area contributed by atoms with Crippen molar-refractivity contribution in [2.45, 2.75) is 18.9 Å². The summed E-state index contributed by atoms with van der Waals surface area (Å²) in [4.78, 5) is 26.0. The molecule has 2 aliphatic heterocycles. The number of nitrogens with one attached hydrogen (secondary N) is 2. The normalized spacial score (nSPS) is 19.4. The molecule has 0 radical (unpaired) electrons. The number of anilines is 1. The Bertz CT molecular complexity index is 1170. The van der Waals surface area contributed by atoms with E-state index in [0.29, 0.717) is 36.1 Å². The monoisotopic (exact) mass is 418 g/mol. The number of aryl methyl sites for hydroxylation is 2. The van der Waals surface area contributed by atoms with Gasteiger partial charge in [0.15, 0.2) is 11.5 Å². The van der Waals surface area contributed by atoms with Crippen LogP contribution < -0.4 is 20.1 Å². The van der Waals surface area contributed by atoms with Crippen molar-refractivity contribution in [3.63, 3.8) is 0 Å². The molecule has 5 rings (SSSR count). The van der Waals surface area contributed by atoms with Crippen LogP contribution in [0.5, 0.6) is 11.5 Å². The maximum Gasteiger partial charge on any atom is 0.251 e. The molecule has 0 fully saturated rings. The van der Waals surface area contributed by atoms with Crippen LogP contribution in [0.2, 0.25) is 0 Å². The van der Waals surface area contributed by atoms with Crippen LogP contribution in [0.25, 0.3) is 0 Å². The van der Waals surface area contributed by atoms with E-state index in [1.807, 2.05) is 31.2 Å². The Balaban J connectivity index is 1.60. The van der Waals surface area contributed by atoms with Crippen LogP contribution in [0.3, 0.4) is 0 Å². The molecule has 1 aromatic heterocycles. The number of hydrogen-bond acceptors (Lipinski definition) is 5. The third kappa shape index (κ3) is 3.30. The van der Waals surface area contributed by atoms with Gasteiger partial charge in [0, 0.05) is 24.1 Å². The van der Waals surface area contributed by atoms with Gasteiger partial charge < -0.3 is 20.1 Å². The fraction of sp³-hybridized carbons (Fsp3) is 0.261. The van der Waals surface area contributed by atoms with Crippen molar-refractivity contribution >= 4 is 17.6 Å². The Kier molecular flexibility index (Phi) is 4.62. The van der Waals surface area contributed by atoms with Gasteiger partial charge in [-0.2, -0.15) is 5.10 Å². The average molecular weight is 418 g/mol. The van der Waals surface area contributed by atoms with Crippen LogP contribution in [0.4, 0.5) is 5.82 Å². The fourth-order valence-corrected chi connectivity index (χ4v) is 4.28. The molecule has 0 unspecified atom stereocenters. The Labute approximate surface area is 179 Å². The lowest BCUT2D eigenvalue weighted by atomic mass is 9.81. The van der Waals surface area contributed by atoms with Crippen LogP contribution in [0.1, 0.15) is 33.1 Å². The summed E-state index contributed by atoms with van der Waals surface area (Å²) in [5, 5.41) is 10.3. The predicted molar refractivity (Wildman–Crippen MR) is 114 cm³/mol. The van der Waals surface area contributed by atoms with Crippen molar-refractivity contribution in [3.05, 3.63) is 70.9 Å². The Morgan fingerprint density at radius 2 is 1.87 bits per heavy atom. The van der Waals surface area contributed by atoms with Crippen LogP contribution in [-0.4, -0.2) is 40.9 Å². The number of rotatable bonds is 3. The third-order valence-corrected chi connectivity index (χ3v) is 5.68. The quantitative estimate of drug-likeness (QED) is 0.681. The Hall–Kier alpha value is -3.81. The topological polar surface area (TPSA) is 94.5 Å². The van der Waals surface area contributed by atoms with Gasteiger partial charge >= 0.3 is 0 Å². The lowest BCUT2D eigenvalue weighted by Crippen LogP contribution is -2.50. The summed E-state index contributed by atoms with van der Waals surface area (Å²) in [6, 6.07) is 13.7. The first-order valence-corrected chi connectivity index (χ1v) is 10.1. The molecule has 8 nitrogen and oxygen atoms in total. The van der Waals surface area contributed by atoms with Gasteiger partial charge in [0.1, 0.15) is 25.1 Å².